The molecule has 0 bridgehead atoms. The molecule has 0 amide bonds. The van der Waals surface area contributed by atoms with Crippen molar-refractivity contribution >= 4 is 40.7 Å². The Bertz CT molecular complexity index is 1290. The second-order valence-corrected chi connectivity index (χ2v) is 9.92. The number of fused-ring (bicyclic) bond motifs is 2. The van der Waals surface area contributed by atoms with E-state index in [4.69, 9.17) is 16.6 Å². The van der Waals surface area contributed by atoms with Crippen LogP contribution in [0.2, 0.25) is 5.02 Å². The summed E-state index contributed by atoms with van der Waals surface area (Å²) in [6, 6.07) is 12.0. The smallest absolute Gasteiger partial charge is 0.312 e. The number of aromatic nitrogens is 2. The van der Waals surface area contributed by atoms with E-state index in [9.17, 15) is 9.90 Å². The van der Waals surface area contributed by atoms with E-state index in [-0.39, 0.29) is 6.54 Å². The number of rotatable bonds is 5. The summed E-state index contributed by atoms with van der Waals surface area (Å²) in [4.78, 5) is 25.2. The summed E-state index contributed by atoms with van der Waals surface area (Å²) in [5.74, 6) is 0.133. The van der Waals surface area contributed by atoms with Crippen LogP contribution in [0.4, 0.5) is 23.1 Å². The van der Waals surface area contributed by atoms with Crippen LogP contribution in [-0.4, -0.2) is 46.1 Å². The molecule has 1 aromatic heterocycles. The number of para-hydroxylation sites is 1. The Labute approximate surface area is 203 Å². The summed E-state index contributed by atoms with van der Waals surface area (Å²) in [7, 11) is 2.16. The van der Waals surface area contributed by atoms with Gasteiger partial charge in [0, 0.05) is 31.0 Å². The number of nitrogens with one attached hydrogen (secondary N) is 1. The minimum Gasteiger partial charge on any atom is -0.481 e. The van der Waals surface area contributed by atoms with Gasteiger partial charge in [-0.1, -0.05) is 29.8 Å². The van der Waals surface area contributed by atoms with E-state index in [1.807, 2.05) is 29.2 Å². The Kier molecular flexibility index (Phi) is 5.19. The Hall–Kier alpha value is -3.16. The molecule has 0 radical (unpaired) electrons. The Morgan fingerprint density at radius 2 is 2.03 bits per heavy atom. The van der Waals surface area contributed by atoms with Crippen molar-refractivity contribution < 1.29 is 9.90 Å². The first kappa shape index (κ1) is 21.4. The molecule has 2 aromatic carbocycles. The number of aliphatic carboxylic acids is 1. The van der Waals surface area contributed by atoms with Gasteiger partial charge in [-0.3, -0.25) is 4.79 Å². The molecule has 0 spiro atoms. The second kappa shape index (κ2) is 8.25. The largest absolute Gasteiger partial charge is 0.481 e. The number of carboxylic acids is 1. The number of carbonyl (C=O) groups is 1. The first-order valence-electron chi connectivity index (χ1n) is 11.7. The molecule has 3 aliphatic rings. The molecule has 1 fully saturated rings. The van der Waals surface area contributed by atoms with Crippen LogP contribution < -0.4 is 10.2 Å². The predicted octanol–water partition coefficient (Wildman–Crippen LogP) is 5.06. The van der Waals surface area contributed by atoms with Crippen LogP contribution in [0.5, 0.6) is 0 Å². The molecule has 34 heavy (non-hydrogen) atoms. The van der Waals surface area contributed by atoms with Gasteiger partial charge in [0.25, 0.3) is 0 Å². The number of nitrogens with zero attached hydrogens (tertiary/aromatic N) is 4. The summed E-state index contributed by atoms with van der Waals surface area (Å²) in [6.07, 6.45) is 5.19. The molecule has 6 rings (SSSR count). The normalized spacial score (nSPS) is 19.6. The molecule has 1 saturated carbocycles. The minimum atomic E-state index is -0.856. The van der Waals surface area contributed by atoms with Crippen molar-refractivity contribution in [2.45, 2.75) is 37.6 Å². The second-order valence-electron chi connectivity index (χ2n) is 9.52. The Morgan fingerprint density at radius 3 is 2.82 bits per heavy atom. The van der Waals surface area contributed by atoms with Crippen molar-refractivity contribution in [3.05, 3.63) is 69.9 Å². The number of hydrogen-bond donors (Lipinski definition) is 2. The molecule has 2 N–H and O–H groups in total. The quantitative estimate of drug-likeness (QED) is 0.533. The average Bonchev–Trinajstić information content (AvgIpc) is 3.59. The van der Waals surface area contributed by atoms with E-state index in [1.165, 1.54) is 29.5 Å². The first-order chi connectivity index (χ1) is 16.5. The number of hydrogen-bond acceptors (Lipinski definition) is 6. The zero-order chi connectivity index (χ0) is 23.4. The highest BCUT2D eigenvalue weighted by Gasteiger charge is 2.35. The van der Waals surface area contributed by atoms with Gasteiger partial charge in [0.2, 0.25) is 5.95 Å². The van der Waals surface area contributed by atoms with Gasteiger partial charge in [-0.2, -0.15) is 4.98 Å². The Morgan fingerprint density at radius 1 is 1.21 bits per heavy atom. The zero-order valence-electron chi connectivity index (χ0n) is 19.0. The first-order valence-corrected chi connectivity index (χ1v) is 12.1. The lowest BCUT2D eigenvalue weighted by Crippen LogP contribution is -2.27. The highest BCUT2D eigenvalue weighted by Crippen LogP contribution is 2.45. The van der Waals surface area contributed by atoms with Crippen LogP contribution in [0.15, 0.2) is 42.6 Å². The van der Waals surface area contributed by atoms with Crippen LogP contribution in [0.3, 0.4) is 0 Å². The van der Waals surface area contributed by atoms with E-state index in [1.54, 1.807) is 6.20 Å². The van der Waals surface area contributed by atoms with Gasteiger partial charge >= 0.3 is 5.97 Å². The standard InChI is InChI=1S/C26H26ClN5O2/c1-31-9-8-18-16(13-31)10-17(11-20(18)15-6-7-15)29-26-28-12-22(27)24(30-26)32-14-21(25(33)34)19-4-2-3-5-23(19)32/h2-5,10-12,15,21H,6-9,13-14H2,1H3,(H,33,34)(H,28,29,30). The summed E-state index contributed by atoms with van der Waals surface area (Å²) >= 11 is 6.51. The van der Waals surface area contributed by atoms with E-state index in [2.05, 4.69) is 34.4 Å². The van der Waals surface area contributed by atoms with Crippen molar-refractivity contribution in [3.8, 4) is 0 Å². The van der Waals surface area contributed by atoms with Crippen LogP contribution in [0, 0.1) is 0 Å². The average molecular weight is 476 g/mol. The van der Waals surface area contributed by atoms with Crippen LogP contribution in [-0.2, 0) is 17.8 Å². The number of anilines is 4. The number of likely N-dealkylation sites (N-methyl/N-ethyl adjacent to an activating group) is 1. The van der Waals surface area contributed by atoms with Gasteiger partial charge in [-0.05, 0) is 72.7 Å². The summed E-state index contributed by atoms with van der Waals surface area (Å²) in [5.41, 5.74) is 6.90. The van der Waals surface area contributed by atoms with Crippen molar-refractivity contribution in [1.82, 2.24) is 14.9 Å². The third kappa shape index (κ3) is 3.79. The van der Waals surface area contributed by atoms with Crippen molar-refractivity contribution in [1.29, 1.82) is 0 Å². The fraction of sp³-hybridized carbons (Fsp3) is 0.346. The third-order valence-electron chi connectivity index (χ3n) is 7.08. The van der Waals surface area contributed by atoms with E-state index >= 15 is 0 Å². The van der Waals surface area contributed by atoms with Gasteiger partial charge in [-0.25, -0.2) is 4.98 Å². The molecule has 1 atom stereocenters. The summed E-state index contributed by atoms with van der Waals surface area (Å²) in [6.45, 7) is 2.32. The van der Waals surface area contributed by atoms with Crippen LogP contribution in [0.25, 0.3) is 0 Å². The minimum absolute atomic E-state index is 0.280. The predicted molar refractivity (Wildman–Crippen MR) is 133 cm³/mol. The lowest BCUT2D eigenvalue weighted by molar-refractivity contribution is -0.138. The maximum absolute atomic E-state index is 11.9. The summed E-state index contributed by atoms with van der Waals surface area (Å²) in [5, 5.41) is 13.5. The fourth-order valence-corrected chi connectivity index (χ4v) is 5.45. The number of benzene rings is 2. The molecule has 2 aliphatic heterocycles. The van der Waals surface area contributed by atoms with Crippen LogP contribution >= 0.6 is 11.6 Å². The SMILES string of the molecule is CN1CCc2c(cc(Nc3ncc(Cl)c(N4CC(C(=O)O)c5ccccc54)n3)cc2C2CC2)C1. The molecule has 1 unspecified atom stereocenters. The van der Waals surface area contributed by atoms with E-state index in [0.717, 1.165) is 36.4 Å². The molecule has 3 aromatic rings. The lowest BCUT2D eigenvalue weighted by atomic mass is 9.91. The molecular formula is C26H26ClN5O2. The zero-order valence-corrected chi connectivity index (χ0v) is 19.7. The van der Waals surface area contributed by atoms with Gasteiger partial charge in [0.1, 0.15) is 10.9 Å². The highest BCUT2D eigenvalue weighted by molar-refractivity contribution is 6.33. The van der Waals surface area contributed by atoms with E-state index < -0.39 is 11.9 Å². The highest BCUT2D eigenvalue weighted by atomic mass is 35.5. The van der Waals surface area contributed by atoms with Gasteiger partial charge in [-0.15, -0.1) is 0 Å². The number of carboxylic acid groups (broad SMARTS) is 1. The molecular weight excluding hydrogens is 450 g/mol. The molecule has 0 saturated heterocycles. The summed E-state index contributed by atoms with van der Waals surface area (Å²) < 4.78 is 0. The molecule has 3 heterocycles. The topological polar surface area (TPSA) is 81.6 Å². The fourth-order valence-electron chi connectivity index (χ4n) is 5.26. The van der Waals surface area contributed by atoms with Gasteiger partial charge in [0.05, 0.1) is 6.20 Å². The maximum Gasteiger partial charge on any atom is 0.312 e. The monoisotopic (exact) mass is 475 g/mol. The molecule has 7 nitrogen and oxygen atoms in total. The molecule has 8 heteroatoms. The maximum atomic E-state index is 11.9. The third-order valence-corrected chi connectivity index (χ3v) is 7.35. The van der Waals surface area contributed by atoms with Crippen molar-refractivity contribution in [3.63, 3.8) is 0 Å². The van der Waals surface area contributed by atoms with Crippen molar-refractivity contribution in [2.75, 3.05) is 30.4 Å². The van der Waals surface area contributed by atoms with Gasteiger partial charge < -0.3 is 20.2 Å². The lowest BCUT2D eigenvalue weighted by Gasteiger charge is -2.28. The number of halogens is 1. The molecule has 174 valence electrons. The van der Waals surface area contributed by atoms with Gasteiger partial charge in [0.15, 0.2) is 5.82 Å². The van der Waals surface area contributed by atoms with Crippen molar-refractivity contribution in [2.24, 2.45) is 0 Å². The Balaban J connectivity index is 1.34. The van der Waals surface area contributed by atoms with Crippen LogP contribution in [0.1, 0.15) is 46.9 Å². The van der Waals surface area contributed by atoms with E-state index in [0.29, 0.717) is 22.7 Å². The molecule has 1 aliphatic carbocycles.